The highest BCUT2D eigenvalue weighted by atomic mass is 32.2. The molecule has 0 heterocycles. The second-order valence-corrected chi connectivity index (χ2v) is 7.47. The van der Waals surface area contributed by atoms with Crippen molar-refractivity contribution in [2.24, 2.45) is 10.1 Å². The van der Waals surface area contributed by atoms with E-state index < -0.39 is 10.0 Å². The van der Waals surface area contributed by atoms with Gasteiger partial charge in [0, 0.05) is 18.5 Å². The summed E-state index contributed by atoms with van der Waals surface area (Å²) in [7, 11) is -3.47. The number of hydrogen-bond donors (Lipinski definition) is 3. The Labute approximate surface area is 133 Å². The van der Waals surface area contributed by atoms with Crippen molar-refractivity contribution in [3.63, 3.8) is 0 Å². The summed E-state index contributed by atoms with van der Waals surface area (Å²) in [5.74, 6) is 0.467. The van der Waals surface area contributed by atoms with Crippen LogP contribution < -0.4 is 15.8 Å². The molecule has 0 amide bonds. The topological polar surface area (TPSA) is 96.6 Å². The van der Waals surface area contributed by atoms with Gasteiger partial charge in [0.2, 0.25) is 10.0 Å². The molecule has 0 aliphatic carbocycles. The predicted molar refractivity (Wildman–Crippen MR) is 91.4 cm³/mol. The number of guanidine groups is 1. The largest absolute Gasteiger partial charge is 0.357 e. The van der Waals surface area contributed by atoms with E-state index in [2.05, 4.69) is 41.6 Å². The Bertz CT molecular complexity index is 583. The van der Waals surface area contributed by atoms with Crippen LogP contribution in [0.1, 0.15) is 26.3 Å². The van der Waals surface area contributed by atoms with Crippen LogP contribution in [-0.2, 0) is 15.4 Å². The molecule has 1 aromatic rings. The lowest BCUT2D eigenvalue weighted by atomic mass is 9.85. The molecule has 0 aromatic heterocycles. The fraction of sp³-hybridized carbons (Fsp3) is 0.533. The second kappa shape index (κ2) is 8.14. The summed E-state index contributed by atoms with van der Waals surface area (Å²) in [6.45, 7) is 7.73. The van der Waals surface area contributed by atoms with Crippen LogP contribution in [0.2, 0.25) is 0 Å². The zero-order chi connectivity index (χ0) is 16.6. The number of primary sulfonamides is 1. The lowest BCUT2D eigenvalue weighted by Crippen LogP contribution is -2.41. The normalized spacial score (nSPS) is 13.0. The van der Waals surface area contributed by atoms with Gasteiger partial charge >= 0.3 is 0 Å². The number of rotatable bonds is 7. The summed E-state index contributed by atoms with van der Waals surface area (Å²) >= 11 is 0. The highest BCUT2D eigenvalue weighted by Crippen LogP contribution is 2.22. The van der Waals surface area contributed by atoms with Crippen molar-refractivity contribution in [2.75, 3.05) is 25.4 Å². The fourth-order valence-electron chi connectivity index (χ4n) is 1.91. The molecule has 0 fully saturated rings. The first kappa shape index (κ1) is 18.4. The van der Waals surface area contributed by atoms with Crippen molar-refractivity contribution >= 4 is 16.0 Å². The third-order valence-electron chi connectivity index (χ3n) is 3.21. The molecule has 0 bridgehead atoms. The molecule has 6 nitrogen and oxygen atoms in total. The standard InChI is InChI=1S/C15H26N4O2S/c1-4-17-14(18-10-11-22(16,20)21)19-12-15(2,3)13-8-6-5-7-9-13/h5-9H,4,10-12H2,1-3H3,(H2,16,20,21)(H2,17,18,19). The van der Waals surface area contributed by atoms with Gasteiger partial charge in [-0.05, 0) is 12.5 Å². The Morgan fingerprint density at radius 3 is 2.41 bits per heavy atom. The zero-order valence-corrected chi connectivity index (χ0v) is 14.3. The summed E-state index contributed by atoms with van der Waals surface area (Å²) in [4.78, 5) is 4.54. The van der Waals surface area contributed by atoms with Crippen molar-refractivity contribution in [2.45, 2.75) is 26.2 Å². The van der Waals surface area contributed by atoms with E-state index in [9.17, 15) is 8.42 Å². The van der Waals surface area contributed by atoms with E-state index in [0.29, 0.717) is 19.0 Å². The number of hydrogen-bond acceptors (Lipinski definition) is 3. The first-order valence-corrected chi connectivity index (χ1v) is 9.04. The van der Waals surface area contributed by atoms with Crippen molar-refractivity contribution in [3.8, 4) is 0 Å². The quantitative estimate of drug-likeness (QED) is 0.510. The average Bonchev–Trinajstić information content (AvgIpc) is 2.44. The molecular formula is C15H26N4O2S. The molecule has 0 aliphatic rings. The summed E-state index contributed by atoms with van der Waals surface area (Å²) in [5, 5.41) is 11.1. The van der Waals surface area contributed by atoms with E-state index in [0.717, 1.165) is 0 Å². The number of benzene rings is 1. The monoisotopic (exact) mass is 326 g/mol. The lowest BCUT2D eigenvalue weighted by molar-refractivity contribution is 0.537. The van der Waals surface area contributed by atoms with Crippen molar-refractivity contribution in [1.29, 1.82) is 0 Å². The van der Waals surface area contributed by atoms with Crippen LogP contribution in [0.3, 0.4) is 0 Å². The van der Waals surface area contributed by atoms with E-state index in [1.807, 2.05) is 25.1 Å². The van der Waals surface area contributed by atoms with Crippen LogP contribution in [0.5, 0.6) is 0 Å². The number of nitrogens with two attached hydrogens (primary N) is 1. The number of aliphatic imine (C=N–C) groups is 1. The van der Waals surface area contributed by atoms with Crippen LogP contribution in [0.25, 0.3) is 0 Å². The minimum atomic E-state index is -3.47. The van der Waals surface area contributed by atoms with Crippen LogP contribution in [0.4, 0.5) is 0 Å². The van der Waals surface area contributed by atoms with E-state index >= 15 is 0 Å². The van der Waals surface area contributed by atoms with Gasteiger partial charge in [-0.25, -0.2) is 13.6 Å². The van der Waals surface area contributed by atoms with Gasteiger partial charge in [-0.1, -0.05) is 44.2 Å². The summed E-state index contributed by atoms with van der Waals surface area (Å²) in [5.41, 5.74) is 1.10. The zero-order valence-electron chi connectivity index (χ0n) is 13.5. The number of sulfonamides is 1. The van der Waals surface area contributed by atoms with Crippen molar-refractivity contribution in [1.82, 2.24) is 10.6 Å². The SMILES string of the molecule is CCNC(=NCC(C)(C)c1ccccc1)NCCS(N)(=O)=O. The Morgan fingerprint density at radius 1 is 1.23 bits per heavy atom. The lowest BCUT2D eigenvalue weighted by Gasteiger charge is -2.23. The molecule has 124 valence electrons. The van der Waals surface area contributed by atoms with Gasteiger partial charge in [-0.3, -0.25) is 4.99 Å². The third kappa shape index (κ3) is 6.91. The Hall–Kier alpha value is -1.60. The average molecular weight is 326 g/mol. The summed E-state index contributed by atoms with van der Waals surface area (Å²) in [6.07, 6.45) is 0. The van der Waals surface area contributed by atoms with Gasteiger partial charge in [0.05, 0.1) is 12.3 Å². The first-order chi connectivity index (χ1) is 10.2. The van der Waals surface area contributed by atoms with Gasteiger partial charge in [0.25, 0.3) is 0 Å². The molecule has 1 aromatic carbocycles. The highest BCUT2D eigenvalue weighted by molar-refractivity contribution is 7.89. The maximum absolute atomic E-state index is 11.0. The highest BCUT2D eigenvalue weighted by Gasteiger charge is 2.20. The Kier molecular flexibility index (Phi) is 6.83. The molecule has 7 heteroatoms. The van der Waals surface area contributed by atoms with Crippen LogP contribution in [0, 0.1) is 0 Å². The minimum Gasteiger partial charge on any atom is -0.357 e. The molecule has 1 rings (SSSR count). The Morgan fingerprint density at radius 2 is 1.86 bits per heavy atom. The molecule has 0 saturated carbocycles. The molecule has 0 saturated heterocycles. The second-order valence-electron chi connectivity index (χ2n) is 5.74. The smallest absolute Gasteiger partial charge is 0.210 e. The molecule has 0 unspecified atom stereocenters. The van der Waals surface area contributed by atoms with Crippen LogP contribution >= 0.6 is 0 Å². The van der Waals surface area contributed by atoms with Crippen molar-refractivity contribution < 1.29 is 8.42 Å². The molecule has 0 radical (unpaired) electrons. The fourth-order valence-corrected chi connectivity index (χ4v) is 2.30. The summed E-state index contributed by atoms with van der Waals surface area (Å²) < 4.78 is 21.9. The first-order valence-electron chi connectivity index (χ1n) is 7.33. The van der Waals surface area contributed by atoms with Crippen molar-refractivity contribution in [3.05, 3.63) is 35.9 Å². The predicted octanol–water partition coefficient (Wildman–Crippen LogP) is 0.808. The maximum atomic E-state index is 11.0. The Balaban J connectivity index is 2.68. The number of nitrogens with one attached hydrogen (secondary N) is 2. The van der Waals surface area contributed by atoms with E-state index in [1.54, 1.807) is 0 Å². The van der Waals surface area contributed by atoms with Gasteiger partial charge in [-0.2, -0.15) is 0 Å². The van der Waals surface area contributed by atoms with E-state index in [-0.39, 0.29) is 17.7 Å². The molecule has 22 heavy (non-hydrogen) atoms. The molecule has 0 atom stereocenters. The van der Waals surface area contributed by atoms with Gasteiger partial charge in [-0.15, -0.1) is 0 Å². The molecule has 4 N–H and O–H groups in total. The van der Waals surface area contributed by atoms with E-state index in [4.69, 9.17) is 5.14 Å². The number of nitrogens with zero attached hydrogens (tertiary/aromatic N) is 1. The van der Waals surface area contributed by atoms with Crippen LogP contribution in [-0.4, -0.2) is 39.8 Å². The molecule has 0 spiro atoms. The minimum absolute atomic E-state index is 0.108. The summed E-state index contributed by atoms with van der Waals surface area (Å²) in [6, 6.07) is 10.2. The third-order valence-corrected chi connectivity index (χ3v) is 3.98. The van der Waals surface area contributed by atoms with Crippen LogP contribution in [0.15, 0.2) is 35.3 Å². The molecular weight excluding hydrogens is 300 g/mol. The van der Waals surface area contributed by atoms with Gasteiger partial charge < -0.3 is 10.6 Å². The van der Waals surface area contributed by atoms with E-state index in [1.165, 1.54) is 5.56 Å². The molecule has 0 aliphatic heterocycles. The van der Waals surface area contributed by atoms with Gasteiger partial charge in [0.1, 0.15) is 0 Å². The van der Waals surface area contributed by atoms with Gasteiger partial charge in [0.15, 0.2) is 5.96 Å². The maximum Gasteiger partial charge on any atom is 0.210 e.